The van der Waals surface area contributed by atoms with Gasteiger partial charge in [-0.05, 0) is 36.6 Å². The number of nitrogens with two attached hydrogens (primary N) is 1. The zero-order valence-corrected chi connectivity index (χ0v) is 13.9. The number of rotatable bonds is 3. The molecule has 1 aliphatic heterocycles. The second-order valence-corrected chi connectivity index (χ2v) is 7.65. The van der Waals surface area contributed by atoms with Crippen LogP contribution in [0.2, 0.25) is 0 Å². The van der Waals surface area contributed by atoms with E-state index in [-0.39, 0.29) is 38.1 Å². The molecule has 1 aromatic carbocycles. The van der Waals surface area contributed by atoms with Crippen molar-refractivity contribution in [1.82, 2.24) is 4.31 Å². The predicted octanol–water partition coefficient (Wildman–Crippen LogP) is 2.63. The molecule has 0 spiro atoms. The Bertz CT molecular complexity index is 681. The Kier molecular flexibility index (Phi) is 5.73. The highest BCUT2D eigenvalue weighted by molar-refractivity contribution is 7.89. The van der Waals surface area contributed by atoms with Gasteiger partial charge in [0, 0.05) is 13.1 Å². The molecule has 0 amide bonds. The van der Waals surface area contributed by atoms with Gasteiger partial charge in [0.1, 0.15) is 5.82 Å². The van der Waals surface area contributed by atoms with Crippen LogP contribution in [0.25, 0.3) is 0 Å². The quantitative estimate of drug-likeness (QED) is 0.825. The number of sulfonamides is 1. The number of nitrogens with zero attached hydrogens (tertiary/aromatic N) is 1. The van der Waals surface area contributed by atoms with Crippen molar-refractivity contribution in [2.75, 3.05) is 19.6 Å². The average Bonchev–Trinajstić information content (AvgIpc) is 2.81. The first-order valence-electron chi connectivity index (χ1n) is 6.57. The highest BCUT2D eigenvalue weighted by atomic mass is 35.5. The smallest absolute Gasteiger partial charge is 0.330 e. The third-order valence-electron chi connectivity index (χ3n) is 3.88. The molecule has 1 heterocycles. The largest absolute Gasteiger partial charge is 0.417 e. The van der Waals surface area contributed by atoms with Crippen LogP contribution in [0.1, 0.15) is 18.9 Å². The van der Waals surface area contributed by atoms with Gasteiger partial charge in [-0.25, -0.2) is 12.8 Å². The first kappa shape index (κ1) is 20.1. The second kappa shape index (κ2) is 6.54. The number of hydrogen-bond donors (Lipinski definition) is 1. The van der Waals surface area contributed by atoms with Crippen molar-refractivity contribution in [2.45, 2.75) is 24.4 Å². The van der Waals surface area contributed by atoms with Gasteiger partial charge in [0.2, 0.25) is 10.0 Å². The van der Waals surface area contributed by atoms with Gasteiger partial charge in [0.15, 0.2) is 0 Å². The third kappa shape index (κ3) is 3.96. The molecular formula is C13H17ClF4N2O2S. The molecule has 2 N–H and O–H groups in total. The molecule has 1 aromatic rings. The standard InChI is InChI=1S/C13H16F4N2O2S.ClH/c1-12(7-18)4-5-19(8-12)22(20,21)11-3-2-9(14)6-10(11)13(15,16)17;/h2-3,6H,4-5,7-8,18H2,1H3;1H. The first-order valence-corrected chi connectivity index (χ1v) is 8.01. The number of benzene rings is 1. The minimum atomic E-state index is -4.96. The highest BCUT2D eigenvalue weighted by Crippen LogP contribution is 2.38. The Morgan fingerprint density at radius 2 is 1.96 bits per heavy atom. The van der Waals surface area contributed by atoms with E-state index >= 15 is 0 Å². The van der Waals surface area contributed by atoms with E-state index in [2.05, 4.69) is 0 Å². The molecule has 1 saturated heterocycles. The van der Waals surface area contributed by atoms with Crippen molar-refractivity contribution in [3.05, 3.63) is 29.6 Å². The first-order chi connectivity index (χ1) is 9.99. The van der Waals surface area contributed by atoms with Crippen LogP contribution in [0.5, 0.6) is 0 Å². The van der Waals surface area contributed by atoms with Crippen molar-refractivity contribution >= 4 is 22.4 Å². The predicted molar refractivity (Wildman–Crippen MR) is 79.2 cm³/mol. The zero-order chi connectivity index (χ0) is 16.8. The lowest BCUT2D eigenvalue weighted by Gasteiger charge is -2.23. The van der Waals surface area contributed by atoms with Crippen molar-refractivity contribution < 1.29 is 26.0 Å². The molecule has 2 rings (SSSR count). The van der Waals surface area contributed by atoms with E-state index in [4.69, 9.17) is 5.73 Å². The minimum Gasteiger partial charge on any atom is -0.330 e. The van der Waals surface area contributed by atoms with Crippen molar-refractivity contribution in [3.8, 4) is 0 Å². The van der Waals surface area contributed by atoms with Gasteiger partial charge in [0.25, 0.3) is 0 Å². The summed E-state index contributed by atoms with van der Waals surface area (Å²) in [6.45, 7) is 2.14. The van der Waals surface area contributed by atoms with Crippen LogP contribution < -0.4 is 5.73 Å². The van der Waals surface area contributed by atoms with Crippen LogP contribution in [0, 0.1) is 11.2 Å². The zero-order valence-electron chi connectivity index (χ0n) is 12.2. The second-order valence-electron chi connectivity index (χ2n) is 5.74. The molecule has 0 aliphatic carbocycles. The van der Waals surface area contributed by atoms with Crippen molar-refractivity contribution in [1.29, 1.82) is 0 Å². The lowest BCUT2D eigenvalue weighted by molar-refractivity contribution is -0.140. The minimum absolute atomic E-state index is 0. The van der Waals surface area contributed by atoms with Gasteiger partial charge in [-0.1, -0.05) is 6.92 Å². The fourth-order valence-electron chi connectivity index (χ4n) is 2.44. The van der Waals surface area contributed by atoms with Crippen LogP contribution in [0.3, 0.4) is 0 Å². The SMILES string of the molecule is CC1(CN)CCN(S(=O)(=O)c2ccc(F)cc2C(F)(F)F)C1.Cl. The van der Waals surface area contributed by atoms with Gasteiger partial charge < -0.3 is 5.73 Å². The van der Waals surface area contributed by atoms with Crippen LogP contribution in [0.15, 0.2) is 23.1 Å². The van der Waals surface area contributed by atoms with Crippen molar-refractivity contribution in [2.24, 2.45) is 11.1 Å². The van der Waals surface area contributed by atoms with Crippen LogP contribution in [0.4, 0.5) is 17.6 Å². The van der Waals surface area contributed by atoms with Gasteiger partial charge in [0.05, 0.1) is 10.5 Å². The van der Waals surface area contributed by atoms with Crippen molar-refractivity contribution in [3.63, 3.8) is 0 Å². The molecule has 0 bridgehead atoms. The maximum atomic E-state index is 13.1. The van der Waals surface area contributed by atoms with Crippen LogP contribution in [-0.2, 0) is 16.2 Å². The van der Waals surface area contributed by atoms with E-state index < -0.39 is 37.9 Å². The van der Waals surface area contributed by atoms with Gasteiger partial charge >= 0.3 is 6.18 Å². The van der Waals surface area contributed by atoms with Gasteiger partial charge in [-0.15, -0.1) is 12.4 Å². The molecule has 0 radical (unpaired) electrons. The molecule has 23 heavy (non-hydrogen) atoms. The summed E-state index contributed by atoms with van der Waals surface area (Å²) in [6, 6.07) is 1.57. The van der Waals surface area contributed by atoms with E-state index in [0.717, 1.165) is 4.31 Å². The molecule has 10 heteroatoms. The molecule has 1 atom stereocenters. The van der Waals surface area contributed by atoms with Crippen LogP contribution in [-0.4, -0.2) is 32.4 Å². The maximum Gasteiger partial charge on any atom is 0.417 e. The number of alkyl halides is 3. The van der Waals surface area contributed by atoms with E-state index in [1.807, 2.05) is 0 Å². The summed E-state index contributed by atoms with van der Waals surface area (Å²) < 4.78 is 78.0. The Morgan fingerprint density at radius 1 is 1.35 bits per heavy atom. The number of halogens is 5. The van der Waals surface area contributed by atoms with E-state index in [1.165, 1.54) is 0 Å². The molecule has 0 saturated carbocycles. The Morgan fingerprint density at radius 3 is 2.43 bits per heavy atom. The normalized spacial score (nSPS) is 22.9. The summed E-state index contributed by atoms with van der Waals surface area (Å²) in [5.41, 5.74) is 3.62. The van der Waals surface area contributed by atoms with Crippen LogP contribution >= 0.6 is 12.4 Å². The fourth-order valence-corrected chi connectivity index (χ4v) is 4.22. The monoisotopic (exact) mass is 376 g/mol. The molecular weight excluding hydrogens is 360 g/mol. The Hall–Kier alpha value is -0.900. The summed E-state index contributed by atoms with van der Waals surface area (Å²) in [7, 11) is -4.36. The third-order valence-corrected chi connectivity index (χ3v) is 5.78. The van der Waals surface area contributed by atoms with Gasteiger partial charge in [-0.2, -0.15) is 17.5 Å². The van der Waals surface area contributed by atoms with E-state index in [1.54, 1.807) is 6.92 Å². The molecule has 4 nitrogen and oxygen atoms in total. The summed E-state index contributed by atoms with van der Waals surface area (Å²) in [5, 5.41) is 0. The summed E-state index contributed by atoms with van der Waals surface area (Å²) in [5.74, 6) is -1.14. The lowest BCUT2D eigenvalue weighted by Crippen LogP contribution is -2.35. The summed E-state index contributed by atoms with van der Waals surface area (Å²) >= 11 is 0. The Balaban J connectivity index is 0.00000264. The average molecular weight is 377 g/mol. The topological polar surface area (TPSA) is 63.4 Å². The van der Waals surface area contributed by atoms with E-state index in [0.29, 0.717) is 18.6 Å². The maximum absolute atomic E-state index is 13.1. The molecule has 1 fully saturated rings. The Labute approximate surface area is 138 Å². The number of hydrogen-bond acceptors (Lipinski definition) is 3. The van der Waals surface area contributed by atoms with Gasteiger partial charge in [-0.3, -0.25) is 0 Å². The summed E-state index contributed by atoms with van der Waals surface area (Å²) in [6.07, 6.45) is -4.49. The van der Waals surface area contributed by atoms with E-state index in [9.17, 15) is 26.0 Å². The molecule has 0 aromatic heterocycles. The molecule has 1 aliphatic rings. The molecule has 132 valence electrons. The summed E-state index contributed by atoms with van der Waals surface area (Å²) in [4.78, 5) is -0.928. The highest BCUT2D eigenvalue weighted by Gasteiger charge is 2.43. The fraction of sp³-hybridized carbons (Fsp3) is 0.538. The molecule has 1 unspecified atom stereocenters. The lowest BCUT2D eigenvalue weighted by atomic mass is 9.90.